The fourth-order valence-electron chi connectivity index (χ4n) is 3.36. The third-order valence-corrected chi connectivity index (χ3v) is 7.18. The molecule has 1 aliphatic carbocycles. The molecule has 1 unspecified atom stereocenters. The van der Waals surface area contributed by atoms with Crippen molar-refractivity contribution in [1.29, 1.82) is 0 Å². The minimum Gasteiger partial charge on any atom is -0.469 e. The molecule has 190 valence electrons. The van der Waals surface area contributed by atoms with Crippen molar-refractivity contribution in [3.05, 3.63) is 55.6 Å². The van der Waals surface area contributed by atoms with E-state index in [-0.39, 0.29) is 31.7 Å². The van der Waals surface area contributed by atoms with E-state index in [1.54, 1.807) is 0 Å². The lowest BCUT2D eigenvalue weighted by atomic mass is 10.1. The SMILES string of the molecule is COC(=O)C1(CNC(=O)C(C)Sc2cc(-n3c(=O)cc(C(F)(F)F)n(C)c3=O)c(F)cc2Cl)CC1. The fraction of sp³-hybridized carbons (Fsp3) is 0.429. The van der Waals surface area contributed by atoms with Crippen LogP contribution in [0.2, 0.25) is 5.02 Å². The number of aromatic nitrogens is 2. The Morgan fingerprint density at radius 2 is 1.89 bits per heavy atom. The molecule has 14 heteroatoms. The Morgan fingerprint density at radius 1 is 1.26 bits per heavy atom. The number of ether oxygens (including phenoxy) is 1. The van der Waals surface area contributed by atoms with E-state index in [2.05, 4.69) is 5.32 Å². The molecule has 1 aromatic carbocycles. The van der Waals surface area contributed by atoms with Crippen molar-refractivity contribution in [3.63, 3.8) is 0 Å². The number of nitrogens with one attached hydrogen (secondary N) is 1. The van der Waals surface area contributed by atoms with Crippen LogP contribution >= 0.6 is 23.4 Å². The van der Waals surface area contributed by atoms with Crippen molar-refractivity contribution in [2.75, 3.05) is 13.7 Å². The number of alkyl halides is 3. The number of carbonyl (C=O) groups excluding carboxylic acids is 2. The van der Waals surface area contributed by atoms with Crippen molar-refractivity contribution >= 4 is 35.2 Å². The van der Waals surface area contributed by atoms with Crippen LogP contribution in [0.5, 0.6) is 0 Å². The molecule has 1 amide bonds. The van der Waals surface area contributed by atoms with E-state index in [9.17, 15) is 36.7 Å². The Morgan fingerprint density at radius 3 is 2.43 bits per heavy atom. The highest BCUT2D eigenvalue weighted by Crippen LogP contribution is 2.46. The van der Waals surface area contributed by atoms with Gasteiger partial charge in [0, 0.05) is 24.6 Å². The molecule has 1 atom stereocenters. The van der Waals surface area contributed by atoms with E-state index in [1.165, 1.54) is 14.0 Å². The second-order valence-electron chi connectivity index (χ2n) is 8.03. The molecule has 1 heterocycles. The first-order chi connectivity index (χ1) is 16.2. The molecule has 1 N–H and O–H groups in total. The number of rotatable bonds is 7. The molecule has 0 saturated heterocycles. The van der Waals surface area contributed by atoms with Gasteiger partial charge in [0.05, 0.1) is 28.5 Å². The zero-order valence-corrected chi connectivity index (χ0v) is 20.2. The molecule has 0 radical (unpaired) electrons. The number of carbonyl (C=O) groups is 2. The maximum atomic E-state index is 14.7. The van der Waals surface area contributed by atoms with Crippen molar-refractivity contribution in [3.8, 4) is 5.69 Å². The van der Waals surface area contributed by atoms with E-state index >= 15 is 0 Å². The van der Waals surface area contributed by atoms with E-state index in [1.807, 2.05) is 0 Å². The lowest BCUT2D eigenvalue weighted by molar-refractivity contribution is -0.147. The molecule has 0 spiro atoms. The summed E-state index contributed by atoms with van der Waals surface area (Å²) in [6, 6.07) is 2.00. The smallest absolute Gasteiger partial charge is 0.431 e. The lowest BCUT2D eigenvalue weighted by Crippen LogP contribution is -2.41. The molecule has 8 nitrogen and oxygen atoms in total. The Balaban J connectivity index is 1.89. The molecule has 1 aromatic heterocycles. The van der Waals surface area contributed by atoms with Crippen molar-refractivity contribution in [1.82, 2.24) is 14.5 Å². The monoisotopic (exact) mass is 537 g/mol. The second kappa shape index (κ2) is 9.69. The summed E-state index contributed by atoms with van der Waals surface area (Å²) in [5.41, 5.74) is -5.66. The topological polar surface area (TPSA) is 99.4 Å². The number of nitrogens with zero attached hydrogens (tertiary/aromatic N) is 2. The highest BCUT2D eigenvalue weighted by molar-refractivity contribution is 8.00. The number of hydrogen-bond donors (Lipinski definition) is 1. The average molecular weight is 538 g/mol. The summed E-state index contributed by atoms with van der Waals surface area (Å²) >= 11 is 6.95. The minimum absolute atomic E-state index is 0.0722. The van der Waals surface area contributed by atoms with Gasteiger partial charge in [-0.25, -0.2) is 13.8 Å². The highest BCUT2D eigenvalue weighted by atomic mass is 35.5. The van der Waals surface area contributed by atoms with Gasteiger partial charge in [0.1, 0.15) is 11.5 Å². The largest absolute Gasteiger partial charge is 0.469 e. The van der Waals surface area contributed by atoms with Crippen LogP contribution in [-0.4, -0.2) is 39.9 Å². The molecule has 1 saturated carbocycles. The number of thioether (sulfide) groups is 1. The molecule has 1 aliphatic rings. The van der Waals surface area contributed by atoms with Gasteiger partial charge in [-0.15, -0.1) is 11.8 Å². The molecule has 0 aliphatic heterocycles. The summed E-state index contributed by atoms with van der Waals surface area (Å²) in [6.07, 6.45) is -3.82. The highest BCUT2D eigenvalue weighted by Gasteiger charge is 2.51. The predicted octanol–water partition coefficient (Wildman–Crippen LogP) is 2.90. The fourth-order valence-corrected chi connectivity index (χ4v) is 4.57. The van der Waals surface area contributed by atoms with E-state index in [0.717, 1.165) is 30.9 Å². The Labute approximate surface area is 205 Å². The van der Waals surface area contributed by atoms with Gasteiger partial charge in [-0.05, 0) is 31.9 Å². The number of hydrogen-bond acceptors (Lipinski definition) is 6. The van der Waals surface area contributed by atoms with E-state index in [0.29, 0.717) is 12.8 Å². The van der Waals surface area contributed by atoms with Crippen LogP contribution in [0.3, 0.4) is 0 Å². The molecule has 35 heavy (non-hydrogen) atoms. The molecule has 3 rings (SSSR count). The van der Waals surface area contributed by atoms with Gasteiger partial charge in [-0.2, -0.15) is 13.2 Å². The van der Waals surface area contributed by atoms with Crippen LogP contribution in [0.4, 0.5) is 17.6 Å². The number of halogens is 5. The Kier molecular flexibility index (Phi) is 7.42. The minimum atomic E-state index is -4.97. The second-order valence-corrected chi connectivity index (χ2v) is 9.82. The maximum Gasteiger partial charge on any atom is 0.431 e. The summed E-state index contributed by atoms with van der Waals surface area (Å²) < 4.78 is 59.1. The summed E-state index contributed by atoms with van der Waals surface area (Å²) in [5, 5.41) is 1.71. The summed E-state index contributed by atoms with van der Waals surface area (Å²) in [7, 11) is 2.06. The number of esters is 1. The van der Waals surface area contributed by atoms with Crippen LogP contribution < -0.4 is 16.6 Å². The molecular weight excluding hydrogens is 518 g/mol. The summed E-state index contributed by atoms with van der Waals surface area (Å²) in [6.45, 7) is 1.59. The van der Waals surface area contributed by atoms with E-state index < -0.39 is 57.2 Å². The van der Waals surface area contributed by atoms with Crippen molar-refractivity contribution in [2.24, 2.45) is 12.5 Å². The van der Waals surface area contributed by atoms with Crippen LogP contribution in [0.1, 0.15) is 25.5 Å². The first-order valence-corrected chi connectivity index (χ1v) is 11.4. The Hall–Kier alpha value is -2.80. The number of amides is 1. The molecule has 0 bridgehead atoms. The van der Waals surface area contributed by atoms with Crippen LogP contribution in [0.25, 0.3) is 5.69 Å². The number of benzene rings is 1. The zero-order chi connectivity index (χ0) is 26.3. The summed E-state index contributed by atoms with van der Waals surface area (Å²) in [5.74, 6) is -2.01. The molecule has 1 fully saturated rings. The van der Waals surface area contributed by atoms with Crippen LogP contribution in [0.15, 0.2) is 32.7 Å². The van der Waals surface area contributed by atoms with Gasteiger partial charge >= 0.3 is 17.8 Å². The Bertz CT molecular complexity index is 1300. The van der Waals surface area contributed by atoms with Gasteiger partial charge in [0.15, 0.2) is 0 Å². The van der Waals surface area contributed by atoms with Gasteiger partial charge in [-0.1, -0.05) is 11.6 Å². The first kappa shape index (κ1) is 26.8. The van der Waals surface area contributed by atoms with Gasteiger partial charge in [0.25, 0.3) is 5.56 Å². The standard InChI is InChI=1S/C21H20ClF4N3O5S/c1-10(17(31)27-9-20(4-5-20)18(32)34-3)35-14-7-13(12(23)6-11(14)22)29-16(30)8-15(21(24,25)26)28(2)19(29)33/h6-8,10H,4-5,9H2,1-3H3,(H,27,31). The first-order valence-electron chi connectivity index (χ1n) is 10.1. The zero-order valence-electron chi connectivity index (χ0n) is 18.7. The lowest BCUT2D eigenvalue weighted by Gasteiger charge is -2.18. The van der Waals surface area contributed by atoms with Gasteiger partial charge in [-0.3, -0.25) is 19.0 Å². The van der Waals surface area contributed by atoms with Crippen molar-refractivity contribution < 1.29 is 31.9 Å². The van der Waals surface area contributed by atoms with E-state index in [4.69, 9.17) is 16.3 Å². The van der Waals surface area contributed by atoms with Crippen LogP contribution in [0, 0.1) is 11.2 Å². The van der Waals surface area contributed by atoms with Crippen molar-refractivity contribution in [2.45, 2.75) is 36.1 Å². The maximum absolute atomic E-state index is 14.7. The molecule has 2 aromatic rings. The van der Waals surface area contributed by atoms with Gasteiger partial charge < -0.3 is 10.1 Å². The average Bonchev–Trinajstić information content (AvgIpc) is 3.57. The molecular formula is C21H20ClF4N3O5S. The van der Waals surface area contributed by atoms with Gasteiger partial charge in [0.2, 0.25) is 5.91 Å². The summed E-state index contributed by atoms with van der Waals surface area (Å²) in [4.78, 5) is 49.3. The third kappa shape index (κ3) is 5.40. The normalized spacial score (nSPS) is 15.4. The quantitative estimate of drug-likeness (QED) is 0.331. The van der Waals surface area contributed by atoms with Crippen LogP contribution in [-0.2, 0) is 27.5 Å². The predicted molar refractivity (Wildman–Crippen MR) is 119 cm³/mol. The third-order valence-electron chi connectivity index (χ3n) is 5.60. The number of methoxy groups -OCH3 is 1.